The molecule has 1 aromatic heterocycles. The average Bonchev–Trinajstić information content (AvgIpc) is 2.69. The number of carbonyl (C=O) groups is 1. The number of anilines is 5. The number of para-hydroxylation sites is 2. The largest absolute Gasteiger partial charge is 0.482 e. The van der Waals surface area contributed by atoms with E-state index in [2.05, 4.69) is 25.3 Å². The van der Waals surface area contributed by atoms with Gasteiger partial charge in [0.05, 0.1) is 23.8 Å². The van der Waals surface area contributed by atoms with E-state index in [0.29, 0.717) is 17.1 Å². The van der Waals surface area contributed by atoms with Gasteiger partial charge in [-0.25, -0.2) is 22.6 Å². The average molecular weight is 447 g/mol. The van der Waals surface area contributed by atoms with Crippen LogP contribution in [0.5, 0.6) is 5.75 Å². The van der Waals surface area contributed by atoms with Gasteiger partial charge in [0, 0.05) is 11.8 Å². The van der Waals surface area contributed by atoms with Crippen molar-refractivity contribution >= 4 is 44.8 Å². The Kier molecular flexibility index (Phi) is 6.50. The van der Waals surface area contributed by atoms with Gasteiger partial charge in [0.2, 0.25) is 16.0 Å². The van der Waals surface area contributed by atoms with Gasteiger partial charge >= 0.3 is 5.97 Å². The molecular formula is C19H18FN5O5S. The molecule has 3 rings (SSSR count). The predicted molar refractivity (Wildman–Crippen MR) is 113 cm³/mol. The molecule has 0 unspecified atom stereocenters. The SMILES string of the molecule is CS(=O)(=O)Nc1ccccc1Nc1nc(Nc2cccc(OCC(=O)O)c2)ncc1F. The first-order chi connectivity index (χ1) is 14.7. The number of aromatic nitrogens is 2. The van der Waals surface area contributed by atoms with Crippen molar-refractivity contribution in [1.29, 1.82) is 0 Å². The molecule has 0 saturated heterocycles. The van der Waals surface area contributed by atoms with Gasteiger partial charge in [-0.15, -0.1) is 0 Å². The van der Waals surface area contributed by atoms with Gasteiger partial charge in [0.25, 0.3) is 0 Å². The smallest absolute Gasteiger partial charge is 0.341 e. The Hall–Kier alpha value is -3.93. The second-order valence-electron chi connectivity index (χ2n) is 6.27. The first-order valence-electron chi connectivity index (χ1n) is 8.78. The van der Waals surface area contributed by atoms with E-state index in [1.165, 1.54) is 12.1 Å². The maximum Gasteiger partial charge on any atom is 0.341 e. The molecule has 0 aliphatic rings. The maximum absolute atomic E-state index is 14.3. The Balaban J connectivity index is 1.81. The minimum Gasteiger partial charge on any atom is -0.482 e. The van der Waals surface area contributed by atoms with E-state index in [1.807, 2.05) is 0 Å². The Morgan fingerprint density at radius 3 is 2.58 bits per heavy atom. The summed E-state index contributed by atoms with van der Waals surface area (Å²) in [7, 11) is -3.54. The highest BCUT2D eigenvalue weighted by Gasteiger charge is 2.12. The van der Waals surface area contributed by atoms with E-state index in [1.54, 1.807) is 36.4 Å². The molecule has 0 radical (unpaired) electrons. The fourth-order valence-corrected chi connectivity index (χ4v) is 3.04. The lowest BCUT2D eigenvalue weighted by Gasteiger charge is -2.13. The highest BCUT2D eigenvalue weighted by atomic mass is 32.2. The van der Waals surface area contributed by atoms with E-state index in [-0.39, 0.29) is 17.5 Å². The number of ether oxygens (including phenoxy) is 1. The summed E-state index contributed by atoms with van der Waals surface area (Å²) >= 11 is 0. The summed E-state index contributed by atoms with van der Waals surface area (Å²) in [5, 5.41) is 14.3. The molecule has 0 aliphatic heterocycles. The van der Waals surface area contributed by atoms with Crippen molar-refractivity contribution in [1.82, 2.24) is 9.97 Å². The Bertz CT molecular complexity index is 1210. The Labute approximate surface area is 177 Å². The lowest BCUT2D eigenvalue weighted by Crippen LogP contribution is -2.11. The van der Waals surface area contributed by atoms with Crippen LogP contribution in [0.15, 0.2) is 54.7 Å². The van der Waals surface area contributed by atoms with Crippen LogP contribution in [-0.4, -0.2) is 42.3 Å². The molecule has 0 bridgehead atoms. The summed E-state index contributed by atoms with van der Waals surface area (Å²) in [5.74, 6) is -1.68. The zero-order chi connectivity index (χ0) is 22.4. The number of carboxylic acid groups (broad SMARTS) is 1. The second kappa shape index (κ2) is 9.26. The third kappa shape index (κ3) is 6.54. The molecule has 0 fully saturated rings. The van der Waals surface area contributed by atoms with Crippen molar-refractivity contribution in [3.63, 3.8) is 0 Å². The third-order valence-corrected chi connectivity index (χ3v) is 4.26. The number of rotatable bonds is 9. The van der Waals surface area contributed by atoms with Crippen LogP contribution in [0.3, 0.4) is 0 Å². The number of hydrogen-bond acceptors (Lipinski definition) is 8. The molecule has 0 saturated carbocycles. The molecule has 3 aromatic rings. The molecule has 162 valence electrons. The molecule has 1 heterocycles. The van der Waals surface area contributed by atoms with Gasteiger partial charge in [0.1, 0.15) is 5.75 Å². The molecule has 0 amide bonds. The normalized spacial score (nSPS) is 10.9. The van der Waals surface area contributed by atoms with Gasteiger partial charge in [-0.2, -0.15) is 4.98 Å². The van der Waals surface area contributed by atoms with Crippen molar-refractivity contribution in [2.45, 2.75) is 0 Å². The monoisotopic (exact) mass is 447 g/mol. The highest BCUT2D eigenvalue weighted by molar-refractivity contribution is 7.92. The van der Waals surface area contributed by atoms with Gasteiger partial charge in [0.15, 0.2) is 18.2 Å². The van der Waals surface area contributed by atoms with Crippen LogP contribution in [0.25, 0.3) is 0 Å². The van der Waals surface area contributed by atoms with E-state index in [0.717, 1.165) is 12.5 Å². The lowest BCUT2D eigenvalue weighted by molar-refractivity contribution is -0.139. The Morgan fingerprint density at radius 2 is 1.87 bits per heavy atom. The van der Waals surface area contributed by atoms with Gasteiger partial charge < -0.3 is 20.5 Å². The summed E-state index contributed by atoms with van der Waals surface area (Å²) in [5.41, 5.74) is 1.00. The quantitative estimate of drug-likeness (QED) is 0.389. The highest BCUT2D eigenvalue weighted by Crippen LogP contribution is 2.27. The van der Waals surface area contributed by atoms with Crippen LogP contribution >= 0.6 is 0 Å². The van der Waals surface area contributed by atoms with Crippen LogP contribution in [0.4, 0.5) is 33.2 Å². The van der Waals surface area contributed by atoms with E-state index >= 15 is 0 Å². The third-order valence-electron chi connectivity index (χ3n) is 3.67. The van der Waals surface area contributed by atoms with E-state index < -0.39 is 28.4 Å². The topological polar surface area (TPSA) is 143 Å². The fourth-order valence-electron chi connectivity index (χ4n) is 2.46. The van der Waals surface area contributed by atoms with E-state index in [4.69, 9.17) is 9.84 Å². The van der Waals surface area contributed by atoms with E-state index in [9.17, 15) is 17.6 Å². The number of aliphatic carboxylic acids is 1. The van der Waals surface area contributed by atoms with Crippen molar-refractivity contribution < 1.29 is 27.4 Å². The van der Waals surface area contributed by atoms with Crippen LogP contribution in [-0.2, 0) is 14.8 Å². The molecule has 0 atom stereocenters. The number of benzene rings is 2. The Morgan fingerprint density at radius 1 is 1.13 bits per heavy atom. The second-order valence-corrected chi connectivity index (χ2v) is 8.02. The molecule has 0 aliphatic carbocycles. The number of nitrogens with one attached hydrogen (secondary N) is 3. The number of nitrogens with zero attached hydrogens (tertiary/aromatic N) is 2. The van der Waals surface area contributed by atoms with Crippen LogP contribution in [0, 0.1) is 5.82 Å². The number of hydrogen-bond donors (Lipinski definition) is 4. The van der Waals surface area contributed by atoms with Gasteiger partial charge in [-0.1, -0.05) is 18.2 Å². The fraction of sp³-hybridized carbons (Fsp3) is 0.105. The van der Waals surface area contributed by atoms with Gasteiger partial charge in [-0.3, -0.25) is 4.72 Å². The number of halogens is 1. The molecular weight excluding hydrogens is 429 g/mol. The molecule has 0 spiro atoms. The first kappa shape index (κ1) is 21.8. The summed E-state index contributed by atoms with van der Waals surface area (Å²) < 4.78 is 44.8. The molecule has 10 nitrogen and oxygen atoms in total. The molecule has 2 aromatic carbocycles. The first-order valence-corrected chi connectivity index (χ1v) is 10.7. The summed E-state index contributed by atoms with van der Waals surface area (Å²) in [4.78, 5) is 18.6. The van der Waals surface area contributed by atoms with Crippen molar-refractivity contribution in [2.24, 2.45) is 0 Å². The number of carboxylic acids is 1. The number of sulfonamides is 1. The molecule has 4 N–H and O–H groups in total. The van der Waals surface area contributed by atoms with Crippen molar-refractivity contribution in [3.05, 3.63) is 60.5 Å². The van der Waals surface area contributed by atoms with Crippen LogP contribution < -0.4 is 20.1 Å². The lowest BCUT2D eigenvalue weighted by atomic mass is 10.2. The minimum absolute atomic E-state index is 0.0489. The predicted octanol–water partition coefficient (Wildman–Crippen LogP) is 2.94. The van der Waals surface area contributed by atoms with Crippen LogP contribution in [0.2, 0.25) is 0 Å². The zero-order valence-corrected chi connectivity index (χ0v) is 17.0. The minimum atomic E-state index is -3.54. The maximum atomic E-state index is 14.3. The molecule has 31 heavy (non-hydrogen) atoms. The summed E-state index contributed by atoms with van der Waals surface area (Å²) in [6, 6.07) is 12.8. The van der Waals surface area contributed by atoms with Crippen LogP contribution in [0.1, 0.15) is 0 Å². The van der Waals surface area contributed by atoms with Crippen molar-refractivity contribution in [2.75, 3.05) is 28.2 Å². The molecule has 12 heteroatoms. The standard InChI is InChI=1S/C19H18FN5O5S/c1-31(28,29)25-16-8-3-2-7-15(16)23-18-14(20)10-21-19(24-18)22-12-5-4-6-13(9-12)30-11-17(26)27/h2-10,25H,11H2,1H3,(H,26,27)(H2,21,22,23,24). The summed E-state index contributed by atoms with van der Waals surface area (Å²) in [6.45, 7) is -0.495. The zero-order valence-electron chi connectivity index (χ0n) is 16.2. The van der Waals surface area contributed by atoms with Crippen molar-refractivity contribution in [3.8, 4) is 5.75 Å². The van der Waals surface area contributed by atoms with Gasteiger partial charge in [-0.05, 0) is 24.3 Å². The summed E-state index contributed by atoms with van der Waals surface area (Å²) in [6.07, 6.45) is 1.96.